The van der Waals surface area contributed by atoms with E-state index >= 15 is 0 Å². The van der Waals surface area contributed by atoms with Gasteiger partial charge in [-0.05, 0) is 36.2 Å². The number of hydrogen-bond acceptors (Lipinski definition) is 3. The maximum Gasteiger partial charge on any atom is 0.191 e. The largest absolute Gasteiger partial charge is 0.365 e. The highest BCUT2D eigenvalue weighted by Gasteiger charge is 2.27. The number of aliphatic imine (C=N–C) groups is 1. The number of guanidine groups is 1. The predicted octanol–water partition coefficient (Wildman–Crippen LogP) is 3.40. The van der Waals surface area contributed by atoms with Crippen LogP contribution in [0.25, 0.3) is 0 Å². The zero-order valence-corrected chi connectivity index (χ0v) is 17.8. The van der Waals surface area contributed by atoms with E-state index in [1.165, 1.54) is 18.2 Å². The van der Waals surface area contributed by atoms with Crippen LogP contribution in [0.5, 0.6) is 0 Å². The van der Waals surface area contributed by atoms with Gasteiger partial charge in [-0.3, -0.25) is 4.99 Å². The average molecular weight is 497 g/mol. The van der Waals surface area contributed by atoms with E-state index in [0.29, 0.717) is 31.2 Å². The molecule has 5 nitrogen and oxygen atoms in total. The van der Waals surface area contributed by atoms with Gasteiger partial charge in [0.05, 0.1) is 11.6 Å². The minimum Gasteiger partial charge on any atom is -0.365 e. The lowest BCUT2D eigenvalue weighted by atomic mass is 10.1. The molecule has 8 heteroatoms. The van der Waals surface area contributed by atoms with E-state index in [9.17, 15) is 8.78 Å². The van der Waals surface area contributed by atoms with Crippen LogP contribution in [0.15, 0.2) is 47.5 Å². The van der Waals surface area contributed by atoms with Crippen LogP contribution in [0.4, 0.5) is 14.5 Å². The monoisotopic (exact) mass is 497 g/mol. The zero-order chi connectivity index (χ0) is 19.2. The molecule has 28 heavy (non-hydrogen) atoms. The highest BCUT2D eigenvalue weighted by molar-refractivity contribution is 14.0. The molecule has 0 aromatic heterocycles. The molecular weight excluding hydrogens is 475 g/mol. The molecule has 1 aliphatic rings. The van der Waals surface area contributed by atoms with Gasteiger partial charge in [-0.2, -0.15) is 5.26 Å². The standard InChI is InChI=1S/C20H21F2N5.HI/c1-24-20(25-12-15-7-5-14(11-23)6-8-15)26-16-9-10-27(13-16)19-17(21)3-2-4-18(19)22;/h2-8,16H,9-10,12-13H2,1H3,(H2,24,25,26);1H. The van der Waals surface area contributed by atoms with E-state index < -0.39 is 11.6 Å². The molecule has 0 aliphatic carbocycles. The Balaban J connectivity index is 0.00000280. The number of hydrogen-bond donors (Lipinski definition) is 2. The van der Waals surface area contributed by atoms with E-state index in [2.05, 4.69) is 21.7 Å². The van der Waals surface area contributed by atoms with Gasteiger partial charge >= 0.3 is 0 Å². The van der Waals surface area contributed by atoms with E-state index in [0.717, 1.165) is 12.0 Å². The van der Waals surface area contributed by atoms with Crippen molar-refractivity contribution >= 4 is 35.6 Å². The molecule has 1 unspecified atom stereocenters. The summed E-state index contributed by atoms with van der Waals surface area (Å²) in [6, 6.07) is 13.4. The van der Waals surface area contributed by atoms with Crippen LogP contribution < -0.4 is 15.5 Å². The van der Waals surface area contributed by atoms with Gasteiger partial charge in [-0.1, -0.05) is 18.2 Å². The second-order valence-corrected chi connectivity index (χ2v) is 6.38. The molecule has 3 rings (SSSR count). The van der Waals surface area contributed by atoms with Crippen LogP contribution in [0.3, 0.4) is 0 Å². The van der Waals surface area contributed by atoms with Crippen LogP contribution in [0.1, 0.15) is 17.5 Å². The number of anilines is 1. The third-order valence-electron chi connectivity index (χ3n) is 4.55. The van der Waals surface area contributed by atoms with Crippen molar-refractivity contribution in [3.05, 3.63) is 65.2 Å². The maximum absolute atomic E-state index is 14.0. The highest BCUT2D eigenvalue weighted by atomic mass is 127. The molecule has 0 radical (unpaired) electrons. The van der Waals surface area contributed by atoms with Gasteiger partial charge in [0.1, 0.15) is 17.3 Å². The van der Waals surface area contributed by atoms with Crippen LogP contribution in [-0.4, -0.2) is 32.1 Å². The zero-order valence-electron chi connectivity index (χ0n) is 15.5. The molecule has 1 fully saturated rings. The second kappa shape index (κ2) is 10.2. The minimum absolute atomic E-state index is 0. The van der Waals surface area contributed by atoms with Crippen LogP contribution in [0, 0.1) is 23.0 Å². The number of rotatable bonds is 4. The quantitative estimate of drug-likeness (QED) is 0.386. The first-order chi connectivity index (χ1) is 13.1. The number of nitriles is 1. The van der Waals surface area contributed by atoms with E-state index in [1.54, 1.807) is 24.1 Å². The lowest BCUT2D eigenvalue weighted by Gasteiger charge is -2.21. The summed E-state index contributed by atoms with van der Waals surface area (Å²) in [5.74, 6) is -0.460. The molecule has 0 saturated carbocycles. The summed E-state index contributed by atoms with van der Waals surface area (Å²) < 4.78 is 27.9. The summed E-state index contributed by atoms with van der Waals surface area (Å²) in [5, 5.41) is 15.4. The van der Waals surface area contributed by atoms with Crippen molar-refractivity contribution < 1.29 is 8.78 Å². The lowest BCUT2D eigenvalue weighted by molar-refractivity contribution is 0.576. The van der Waals surface area contributed by atoms with E-state index in [1.807, 2.05) is 12.1 Å². The fraction of sp³-hybridized carbons (Fsp3) is 0.300. The summed E-state index contributed by atoms with van der Waals surface area (Å²) >= 11 is 0. The fourth-order valence-electron chi connectivity index (χ4n) is 3.14. The number of nitrogens with one attached hydrogen (secondary N) is 2. The molecule has 2 aromatic rings. The van der Waals surface area contributed by atoms with Crippen molar-refractivity contribution in [2.75, 3.05) is 25.0 Å². The summed E-state index contributed by atoms with van der Waals surface area (Å²) in [7, 11) is 1.68. The van der Waals surface area contributed by atoms with Crippen LogP contribution in [-0.2, 0) is 6.54 Å². The van der Waals surface area contributed by atoms with E-state index in [4.69, 9.17) is 5.26 Å². The van der Waals surface area contributed by atoms with Crippen molar-refractivity contribution in [1.82, 2.24) is 10.6 Å². The first kappa shape index (κ1) is 21.9. The van der Waals surface area contributed by atoms with Crippen molar-refractivity contribution in [2.45, 2.75) is 19.0 Å². The van der Waals surface area contributed by atoms with Crippen LogP contribution in [0.2, 0.25) is 0 Å². The summed E-state index contributed by atoms with van der Waals surface area (Å²) in [6.45, 7) is 1.63. The number of benzene rings is 2. The summed E-state index contributed by atoms with van der Waals surface area (Å²) in [4.78, 5) is 5.93. The van der Waals surface area contributed by atoms with Gasteiger partial charge in [0, 0.05) is 32.7 Å². The fourth-order valence-corrected chi connectivity index (χ4v) is 3.14. The predicted molar refractivity (Wildman–Crippen MR) is 117 cm³/mol. The van der Waals surface area contributed by atoms with Crippen molar-refractivity contribution in [3.8, 4) is 6.07 Å². The van der Waals surface area contributed by atoms with Gasteiger partial charge in [-0.25, -0.2) is 8.78 Å². The Labute approximate surface area is 180 Å². The molecule has 2 aromatic carbocycles. The Morgan fingerprint density at radius 1 is 1.21 bits per heavy atom. The normalized spacial score (nSPS) is 16.3. The molecule has 1 aliphatic heterocycles. The molecule has 0 spiro atoms. The maximum atomic E-state index is 14.0. The molecule has 1 atom stereocenters. The topological polar surface area (TPSA) is 63.5 Å². The molecular formula is C20H22F2IN5. The number of halogens is 3. The first-order valence-electron chi connectivity index (χ1n) is 8.76. The molecule has 2 N–H and O–H groups in total. The lowest BCUT2D eigenvalue weighted by Crippen LogP contribution is -2.44. The Bertz CT molecular complexity index is 844. The average Bonchev–Trinajstić information content (AvgIpc) is 3.13. The Morgan fingerprint density at radius 3 is 2.50 bits per heavy atom. The van der Waals surface area contributed by atoms with Crippen molar-refractivity contribution in [1.29, 1.82) is 5.26 Å². The Hall–Kier alpha value is -2.41. The minimum atomic E-state index is -0.543. The van der Waals surface area contributed by atoms with Gasteiger partial charge in [0.15, 0.2) is 5.96 Å². The van der Waals surface area contributed by atoms with Crippen LogP contribution >= 0.6 is 24.0 Å². The summed E-state index contributed by atoms with van der Waals surface area (Å²) in [5.41, 5.74) is 1.67. The van der Waals surface area contributed by atoms with Gasteiger partial charge < -0.3 is 15.5 Å². The number of nitrogens with zero attached hydrogens (tertiary/aromatic N) is 3. The number of para-hydroxylation sites is 1. The van der Waals surface area contributed by atoms with Gasteiger partial charge in [0.2, 0.25) is 0 Å². The smallest absolute Gasteiger partial charge is 0.191 e. The highest BCUT2D eigenvalue weighted by Crippen LogP contribution is 2.26. The third kappa shape index (κ3) is 5.32. The second-order valence-electron chi connectivity index (χ2n) is 6.38. The molecule has 1 saturated heterocycles. The first-order valence-corrected chi connectivity index (χ1v) is 8.76. The Morgan fingerprint density at radius 2 is 1.89 bits per heavy atom. The van der Waals surface area contributed by atoms with Gasteiger partial charge in [0.25, 0.3) is 0 Å². The molecule has 0 bridgehead atoms. The molecule has 0 amide bonds. The third-order valence-corrected chi connectivity index (χ3v) is 4.55. The Kier molecular flexibility index (Phi) is 7.99. The molecule has 148 valence electrons. The summed E-state index contributed by atoms with van der Waals surface area (Å²) in [6.07, 6.45) is 0.755. The SMILES string of the molecule is CN=C(NCc1ccc(C#N)cc1)NC1CCN(c2c(F)cccc2F)C1.I. The van der Waals surface area contributed by atoms with Crippen molar-refractivity contribution in [3.63, 3.8) is 0 Å². The van der Waals surface area contributed by atoms with Crippen molar-refractivity contribution in [2.24, 2.45) is 4.99 Å². The van der Waals surface area contributed by atoms with E-state index in [-0.39, 0.29) is 35.7 Å². The van der Waals surface area contributed by atoms with Gasteiger partial charge in [-0.15, -0.1) is 24.0 Å². The molecule has 1 heterocycles.